The first-order valence-corrected chi connectivity index (χ1v) is 12.1. The summed E-state index contributed by atoms with van der Waals surface area (Å²) in [5, 5.41) is 5.87. The average Bonchev–Trinajstić information content (AvgIpc) is 3.18. The predicted octanol–water partition coefficient (Wildman–Crippen LogP) is 3.59. The fraction of sp³-hybridized carbons (Fsp3) is 0.500. The highest BCUT2D eigenvalue weighted by Gasteiger charge is 2.31. The third-order valence-corrected chi connectivity index (χ3v) is 7.96. The van der Waals surface area contributed by atoms with Crippen LogP contribution >= 0.6 is 23.1 Å². The van der Waals surface area contributed by atoms with E-state index in [1.807, 2.05) is 29.2 Å². The summed E-state index contributed by atoms with van der Waals surface area (Å²) < 4.78 is 0. The van der Waals surface area contributed by atoms with Crippen molar-refractivity contribution in [2.24, 2.45) is 0 Å². The lowest BCUT2D eigenvalue weighted by Crippen LogP contribution is -2.49. The quantitative estimate of drug-likeness (QED) is 0.781. The van der Waals surface area contributed by atoms with Gasteiger partial charge in [-0.2, -0.15) is 0 Å². The molecule has 0 radical (unpaired) electrons. The number of carbonyl (C=O) groups excluding carboxylic acids is 2. The maximum Gasteiger partial charge on any atom is 0.238 e. The van der Waals surface area contributed by atoms with Crippen molar-refractivity contribution in [3.63, 3.8) is 0 Å². The number of benzene rings is 1. The summed E-state index contributed by atoms with van der Waals surface area (Å²) in [5.74, 6) is -0.0192. The molecule has 1 aromatic carbocycles. The number of hydrogen-bond donors (Lipinski definition) is 1. The van der Waals surface area contributed by atoms with E-state index < -0.39 is 0 Å². The third kappa shape index (κ3) is 4.87. The van der Waals surface area contributed by atoms with E-state index in [-0.39, 0.29) is 28.9 Å². The van der Waals surface area contributed by atoms with Crippen LogP contribution in [0.15, 0.2) is 34.5 Å². The maximum absolute atomic E-state index is 12.8. The topological polar surface area (TPSA) is 65.5 Å². The zero-order valence-corrected chi connectivity index (χ0v) is 19.3. The van der Waals surface area contributed by atoms with E-state index >= 15 is 0 Å². The molecule has 2 aliphatic heterocycles. The number of nitrogens with one attached hydrogen (secondary N) is 1. The highest BCUT2D eigenvalue weighted by Crippen LogP contribution is 2.36. The molecule has 1 aromatic heterocycles. The number of amides is 2. The van der Waals surface area contributed by atoms with Gasteiger partial charge in [-0.1, -0.05) is 32.9 Å². The summed E-state index contributed by atoms with van der Waals surface area (Å²) in [4.78, 5) is 35.2. The highest BCUT2D eigenvalue weighted by molar-refractivity contribution is 8.01. The Kier molecular flexibility index (Phi) is 6.18. The Bertz CT molecular complexity index is 929. The normalized spacial score (nSPS) is 20.0. The van der Waals surface area contributed by atoms with Gasteiger partial charge in [0, 0.05) is 54.8 Å². The van der Waals surface area contributed by atoms with Gasteiger partial charge in [0.2, 0.25) is 11.8 Å². The van der Waals surface area contributed by atoms with Crippen molar-refractivity contribution >= 4 is 40.6 Å². The largest absolute Gasteiger partial charge is 0.340 e. The zero-order valence-electron chi connectivity index (χ0n) is 17.7. The maximum atomic E-state index is 12.8. The van der Waals surface area contributed by atoms with E-state index in [2.05, 4.69) is 36.4 Å². The van der Waals surface area contributed by atoms with Crippen molar-refractivity contribution in [3.05, 3.63) is 40.3 Å². The summed E-state index contributed by atoms with van der Waals surface area (Å²) in [6.45, 7) is 10.4. The van der Waals surface area contributed by atoms with Crippen LogP contribution in [-0.4, -0.2) is 58.0 Å². The van der Waals surface area contributed by atoms with Crippen LogP contribution in [-0.2, 0) is 21.5 Å². The molecule has 8 heteroatoms. The second-order valence-corrected chi connectivity index (χ2v) is 10.9. The molecule has 0 spiro atoms. The van der Waals surface area contributed by atoms with Gasteiger partial charge < -0.3 is 10.2 Å². The number of aromatic nitrogens is 1. The first-order valence-electron chi connectivity index (χ1n) is 10.3. The highest BCUT2D eigenvalue weighted by atomic mass is 32.2. The van der Waals surface area contributed by atoms with E-state index in [0.717, 1.165) is 40.9 Å². The van der Waals surface area contributed by atoms with E-state index in [4.69, 9.17) is 4.98 Å². The van der Waals surface area contributed by atoms with Gasteiger partial charge in [0.25, 0.3) is 0 Å². The van der Waals surface area contributed by atoms with Crippen LogP contribution < -0.4 is 5.32 Å². The number of anilines is 1. The van der Waals surface area contributed by atoms with Gasteiger partial charge in [0.05, 0.1) is 21.6 Å². The average molecular weight is 445 g/mol. The molecule has 1 N–H and O–H groups in total. The molecule has 2 aromatic rings. The van der Waals surface area contributed by atoms with Gasteiger partial charge in [-0.25, -0.2) is 4.98 Å². The van der Waals surface area contributed by atoms with Crippen molar-refractivity contribution in [2.45, 2.75) is 49.3 Å². The Morgan fingerprint density at radius 2 is 1.93 bits per heavy atom. The molecule has 30 heavy (non-hydrogen) atoms. The van der Waals surface area contributed by atoms with Crippen molar-refractivity contribution in [1.29, 1.82) is 0 Å². The number of hydrogen-bond acceptors (Lipinski definition) is 6. The molecule has 2 amide bonds. The number of rotatable bonds is 4. The summed E-state index contributed by atoms with van der Waals surface area (Å²) >= 11 is 3.21. The van der Waals surface area contributed by atoms with Crippen LogP contribution in [0.5, 0.6) is 0 Å². The Labute approximate surface area is 186 Å². The molecule has 160 valence electrons. The van der Waals surface area contributed by atoms with E-state index in [0.29, 0.717) is 13.1 Å². The van der Waals surface area contributed by atoms with E-state index in [9.17, 15) is 9.59 Å². The molecule has 1 saturated heterocycles. The molecule has 1 fully saturated rings. The lowest BCUT2D eigenvalue weighted by molar-refractivity contribution is -0.134. The van der Waals surface area contributed by atoms with Gasteiger partial charge in [0.15, 0.2) is 0 Å². The molecule has 0 bridgehead atoms. The summed E-state index contributed by atoms with van der Waals surface area (Å²) in [7, 11) is 0. The van der Waals surface area contributed by atoms with Gasteiger partial charge in [-0.05, 0) is 12.1 Å². The van der Waals surface area contributed by atoms with Crippen LogP contribution in [0.25, 0.3) is 0 Å². The molecule has 0 aliphatic carbocycles. The minimum absolute atomic E-state index is 0.0605. The molecule has 0 saturated carbocycles. The van der Waals surface area contributed by atoms with Crippen molar-refractivity contribution < 1.29 is 9.59 Å². The summed E-state index contributed by atoms with van der Waals surface area (Å²) in [6, 6.07) is 7.73. The van der Waals surface area contributed by atoms with Crippen molar-refractivity contribution in [1.82, 2.24) is 14.8 Å². The number of thioether (sulfide) groups is 1. The number of nitrogens with zero attached hydrogens (tertiary/aromatic N) is 3. The minimum atomic E-state index is -0.365. The van der Waals surface area contributed by atoms with Gasteiger partial charge in [0.1, 0.15) is 0 Å². The fourth-order valence-electron chi connectivity index (χ4n) is 3.62. The lowest BCUT2D eigenvalue weighted by Gasteiger charge is -2.35. The Balaban J connectivity index is 1.27. The third-order valence-electron chi connectivity index (χ3n) is 5.37. The number of thiazole rings is 1. The zero-order chi connectivity index (χ0) is 21.3. The van der Waals surface area contributed by atoms with Gasteiger partial charge in [-0.15, -0.1) is 23.1 Å². The number of piperazine rings is 1. The smallest absolute Gasteiger partial charge is 0.238 e. The second-order valence-electron chi connectivity index (χ2n) is 8.85. The van der Waals surface area contributed by atoms with Crippen LogP contribution in [0.2, 0.25) is 0 Å². The first kappa shape index (κ1) is 21.3. The number of carbonyl (C=O) groups is 2. The predicted molar refractivity (Wildman–Crippen MR) is 122 cm³/mol. The van der Waals surface area contributed by atoms with Crippen molar-refractivity contribution in [3.8, 4) is 0 Å². The molecule has 1 unspecified atom stereocenters. The molecule has 6 nitrogen and oxygen atoms in total. The van der Waals surface area contributed by atoms with Crippen molar-refractivity contribution in [2.75, 3.05) is 31.5 Å². The molecule has 4 rings (SSSR count). The summed E-state index contributed by atoms with van der Waals surface area (Å²) in [6.07, 6.45) is 0.242. The minimum Gasteiger partial charge on any atom is -0.340 e. The van der Waals surface area contributed by atoms with Crippen LogP contribution in [0.3, 0.4) is 0 Å². The molecule has 1 atom stereocenters. The second kappa shape index (κ2) is 8.69. The first-order chi connectivity index (χ1) is 14.3. The Hall–Kier alpha value is -1.90. The Morgan fingerprint density at radius 3 is 2.63 bits per heavy atom. The molecular formula is C22H28N4O2S2. The van der Waals surface area contributed by atoms with E-state index in [1.165, 1.54) is 11.8 Å². The molecular weight excluding hydrogens is 416 g/mol. The monoisotopic (exact) mass is 444 g/mol. The lowest BCUT2D eigenvalue weighted by atomic mass is 9.98. The standard InChI is InChI=1S/C22H28N4O2S2/c1-22(2,3)21-23-15(14-29-21)13-25-8-10-26(11-9-25)19(27)12-18-20(28)24-16-6-4-5-7-17(16)30-18/h4-7,14,18H,8-13H2,1-3H3,(H,24,28). The molecule has 2 aliphatic rings. The van der Waals surface area contributed by atoms with Crippen LogP contribution in [0, 0.1) is 0 Å². The van der Waals surface area contributed by atoms with Crippen LogP contribution in [0.1, 0.15) is 37.9 Å². The van der Waals surface area contributed by atoms with Gasteiger partial charge in [-0.3, -0.25) is 14.5 Å². The Morgan fingerprint density at radius 1 is 1.20 bits per heavy atom. The SMILES string of the molecule is CC(C)(C)c1nc(CN2CCN(C(=O)CC3Sc4ccccc4NC3=O)CC2)cs1. The molecule has 3 heterocycles. The number of fused-ring (bicyclic) bond motifs is 1. The fourth-order valence-corrected chi connectivity index (χ4v) is 5.62. The van der Waals surface area contributed by atoms with Gasteiger partial charge >= 0.3 is 0 Å². The van der Waals surface area contributed by atoms with E-state index in [1.54, 1.807) is 11.3 Å². The van der Waals surface area contributed by atoms with Crippen LogP contribution in [0.4, 0.5) is 5.69 Å². The number of para-hydroxylation sites is 1. The summed E-state index contributed by atoms with van der Waals surface area (Å²) in [5.41, 5.74) is 2.03.